The summed E-state index contributed by atoms with van der Waals surface area (Å²) in [6.45, 7) is 1.94. The van der Waals surface area contributed by atoms with E-state index >= 15 is 0 Å². The molecular formula is C21H20N2O5S. The molecule has 0 radical (unpaired) electrons. The Morgan fingerprint density at radius 2 is 1.76 bits per heavy atom. The normalized spacial score (nSPS) is 16.2. The van der Waals surface area contributed by atoms with Gasteiger partial charge in [-0.3, -0.25) is 14.4 Å². The molecule has 0 aliphatic carbocycles. The minimum absolute atomic E-state index is 0.0108. The van der Waals surface area contributed by atoms with E-state index in [1.165, 1.54) is 24.1 Å². The average molecular weight is 412 g/mol. The van der Waals surface area contributed by atoms with Crippen molar-refractivity contribution in [2.24, 2.45) is 0 Å². The maximum atomic E-state index is 12.9. The molecule has 1 atom stereocenters. The highest BCUT2D eigenvalue weighted by molar-refractivity contribution is 8.15. The molecule has 1 fully saturated rings. The number of amides is 3. The summed E-state index contributed by atoms with van der Waals surface area (Å²) in [6.07, 6.45) is 0.459. The van der Waals surface area contributed by atoms with Crippen molar-refractivity contribution >= 4 is 46.2 Å². The quantitative estimate of drug-likeness (QED) is 0.779. The van der Waals surface area contributed by atoms with Crippen LogP contribution in [0, 0.1) is 0 Å². The van der Waals surface area contributed by atoms with Crippen molar-refractivity contribution in [1.29, 1.82) is 0 Å². The predicted octanol–water partition coefficient (Wildman–Crippen LogP) is 3.57. The molecule has 8 heteroatoms. The third-order valence-corrected chi connectivity index (χ3v) is 5.80. The van der Waals surface area contributed by atoms with Gasteiger partial charge in [0.25, 0.3) is 5.24 Å². The van der Waals surface area contributed by atoms with Crippen LogP contribution in [-0.4, -0.2) is 40.4 Å². The van der Waals surface area contributed by atoms with Crippen LogP contribution in [0.4, 0.5) is 16.2 Å². The number of thioether (sulfide) groups is 1. The summed E-state index contributed by atoms with van der Waals surface area (Å²) in [7, 11) is 1.46. The molecule has 1 aliphatic heterocycles. The number of benzene rings is 2. The van der Waals surface area contributed by atoms with Crippen molar-refractivity contribution in [3.63, 3.8) is 0 Å². The number of carboxylic acid groups (broad SMARTS) is 1. The van der Waals surface area contributed by atoms with E-state index in [1.807, 2.05) is 19.1 Å². The molecule has 1 saturated heterocycles. The van der Waals surface area contributed by atoms with Crippen molar-refractivity contribution in [1.82, 2.24) is 0 Å². The zero-order valence-corrected chi connectivity index (χ0v) is 16.8. The van der Waals surface area contributed by atoms with E-state index in [4.69, 9.17) is 0 Å². The third-order valence-electron chi connectivity index (χ3n) is 4.76. The fourth-order valence-electron chi connectivity index (χ4n) is 3.21. The average Bonchev–Trinajstić information content (AvgIpc) is 3.00. The number of hydrogen-bond donors (Lipinski definition) is 1. The van der Waals surface area contributed by atoms with Gasteiger partial charge in [0.2, 0.25) is 11.8 Å². The number of anilines is 2. The molecule has 1 heterocycles. The largest absolute Gasteiger partial charge is 0.478 e. The highest BCUT2D eigenvalue weighted by atomic mass is 32.2. The first-order valence-corrected chi connectivity index (χ1v) is 9.94. The molecule has 0 aromatic heterocycles. The molecule has 1 aliphatic rings. The van der Waals surface area contributed by atoms with E-state index in [0.29, 0.717) is 12.1 Å². The number of aromatic carboxylic acids is 1. The lowest BCUT2D eigenvalue weighted by molar-refractivity contribution is -0.122. The molecule has 1 unspecified atom stereocenters. The van der Waals surface area contributed by atoms with Crippen LogP contribution in [-0.2, 0) is 16.0 Å². The molecule has 2 aromatic rings. The molecule has 7 nitrogen and oxygen atoms in total. The maximum Gasteiger partial charge on any atom is 0.337 e. The maximum absolute atomic E-state index is 12.9. The summed E-state index contributed by atoms with van der Waals surface area (Å²) < 4.78 is 0. The van der Waals surface area contributed by atoms with Crippen molar-refractivity contribution in [3.05, 3.63) is 59.7 Å². The van der Waals surface area contributed by atoms with Gasteiger partial charge in [-0.15, -0.1) is 0 Å². The summed E-state index contributed by atoms with van der Waals surface area (Å²) in [4.78, 5) is 51.8. The summed E-state index contributed by atoms with van der Waals surface area (Å²) in [5, 5.41) is 8.06. The Morgan fingerprint density at radius 1 is 1.10 bits per heavy atom. The second-order valence-corrected chi connectivity index (χ2v) is 7.66. The van der Waals surface area contributed by atoms with Gasteiger partial charge in [0.1, 0.15) is 5.25 Å². The molecular weight excluding hydrogens is 392 g/mol. The number of carbonyl (C=O) groups excluding carboxylic acids is 3. The number of carbonyl (C=O) groups is 4. The van der Waals surface area contributed by atoms with Crippen LogP contribution >= 0.6 is 11.8 Å². The number of imide groups is 1. The molecule has 0 spiro atoms. The number of nitrogens with zero attached hydrogens (tertiary/aromatic N) is 2. The Kier molecular flexibility index (Phi) is 6.03. The van der Waals surface area contributed by atoms with Crippen LogP contribution < -0.4 is 9.80 Å². The Bertz CT molecular complexity index is 991. The van der Waals surface area contributed by atoms with Gasteiger partial charge in [-0.05, 0) is 41.9 Å². The molecule has 1 N–H and O–H groups in total. The fraction of sp³-hybridized carbons (Fsp3) is 0.238. The third kappa shape index (κ3) is 4.02. The summed E-state index contributed by atoms with van der Waals surface area (Å²) in [6, 6.07) is 13.3. The van der Waals surface area contributed by atoms with Crippen molar-refractivity contribution in [2.75, 3.05) is 16.8 Å². The molecule has 29 heavy (non-hydrogen) atoms. The fourth-order valence-corrected chi connectivity index (χ4v) is 4.18. The number of carboxylic acids is 1. The van der Waals surface area contributed by atoms with E-state index in [-0.39, 0.29) is 17.7 Å². The lowest BCUT2D eigenvalue weighted by Gasteiger charge is -2.21. The van der Waals surface area contributed by atoms with E-state index in [2.05, 4.69) is 0 Å². The van der Waals surface area contributed by atoms with Crippen molar-refractivity contribution in [2.45, 2.75) is 25.0 Å². The number of hydrogen-bond acceptors (Lipinski definition) is 5. The molecule has 150 valence electrons. The first-order valence-electron chi connectivity index (χ1n) is 9.06. The highest BCUT2D eigenvalue weighted by Crippen LogP contribution is 2.35. The molecule has 2 aromatic carbocycles. The Morgan fingerprint density at radius 3 is 2.45 bits per heavy atom. The van der Waals surface area contributed by atoms with E-state index in [1.54, 1.807) is 24.3 Å². The zero-order valence-electron chi connectivity index (χ0n) is 16.0. The van der Waals surface area contributed by atoms with E-state index in [9.17, 15) is 24.3 Å². The first-order chi connectivity index (χ1) is 13.8. The van der Waals surface area contributed by atoms with E-state index in [0.717, 1.165) is 22.2 Å². The second kappa shape index (κ2) is 8.48. The number of rotatable bonds is 6. The van der Waals surface area contributed by atoms with Crippen molar-refractivity contribution < 1.29 is 24.3 Å². The smallest absolute Gasteiger partial charge is 0.337 e. The molecule has 0 saturated carbocycles. The highest BCUT2D eigenvalue weighted by Gasteiger charge is 2.42. The van der Waals surface area contributed by atoms with Gasteiger partial charge in [0.05, 0.1) is 16.9 Å². The predicted molar refractivity (Wildman–Crippen MR) is 112 cm³/mol. The minimum atomic E-state index is -1.15. The molecule has 3 rings (SSSR count). The molecule has 3 amide bonds. The van der Waals surface area contributed by atoms with Crippen LogP contribution in [0.1, 0.15) is 29.3 Å². The van der Waals surface area contributed by atoms with Gasteiger partial charge in [-0.1, -0.05) is 37.3 Å². The van der Waals surface area contributed by atoms with Crippen molar-refractivity contribution in [3.8, 4) is 0 Å². The van der Waals surface area contributed by atoms with E-state index < -0.39 is 28.3 Å². The van der Waals surface area contributed by atoms with Gasteiger partial charge >= 0.3 is 5.97 Å². The second-order valence-electron chi connectivity index (χ2n) is 6.51. The lowest BCUT2D eigenvalue weighted by atomic mass is 10.1. The van der Waals surface area contributed by atoms with Crippen LogP contribution in [0.5, 0.6) is 0 Å². The molecule has 0 bridgehead atoms. The summed E-state index contributed by atoms with van der Waals surface area (Å²) in [5.74, 6) is -2.03. The van der Waals surface area contributed by atoms with Crippen LogP contribution in [0.3, 0.4) is 0 Å². The zero-order chi connectivity index (χ0) is 21.1. The van der Waals surface area contributed by atoms with Crippen LogP contribution in [0.25, 0.3) is 0 Å². The van der Waals surface area contributed by atoms with Crippen LogP contribution in [0.15, 0.2) is 48.5 Å². The summed E-state index contributed by atoms with van der Waals surface area (Å²) in [5.41, 5.74) is 1.63. The Hall–Kier alpha value is -3.13. The first kappa shape index (κ1) is 20.6. The summed E-state index contributed by atoms with van der Waals surface area (Å²) >= 11 is 0.821. The minimum Gasteiger partial charge on any atom is -0.478 e. The van der Waals surface area contributed by atoms with Gasteiger partial charge in [0.15, 0.2) is 0 Å². The standard InChI is InChI=1S/C21H20N2O5S/c1-3-13-8-4-6-10-15(13)23-19(25)17(29-21(23)28)12-18(24)22(2)16-11-7-5-9-14(16)20(26)27/h4-11,17H,3,12H2,1-2H3,(H,26,27). The van der Waals surface area contributed by atoms with Gasteiger partial charge in [-0.2, -0.15) is 0 Å². The SMILES string of the molecule is CCc1ccccc1N1C(=O)SC(CC(=O)N(C)c2ccccc2C(=O)O)C1=O. The Balaban J connectivity index is 1.79. The van der Waals surface area contributed by atoms with Gasteiger partial charge < -0.3 is 10.0 Å². The van der Waals surface area contributed by atoms with Gasteiger partial charge in [-0.25, -0.2) is 9.69 Å². The number of aryl methyl sites for hydroxylation is 1. The number of para-hydroxylation sites is 2. The van der Waals surface area contributed by atoms with Crippen LogP contribution in [0.2, 0.25) is 0 Å². The van der Waals surface area contributed by atoms with Gasteiger partial charge in [0, 0.05) is 13.5 Å². The monoisotopic (exact) mass is 412 g/mol. The Labute approximate surface area is 172 Å². The lowest BCUT2D eigenvalue weighted by Crippen LogP contribution is -2.36. The topological polar surface area (TPSA) is 95.0 Å².